The summed E-state index contributed by atoms with van der Waals surface area (Å²) in [5, 5.41) is 9.42. The third-order valence-electron chi connectivity index (χ3n) is 2.25. The molecule has 4 nitrogen and oxygen atoms in total. The summed E-state index contributed by atoms with van der Waals surface area (Å²) in [5.41, 5.74) is -0.0553. The summed E-state index contributed by atoms with van der Waals surface area (Å²) < 4.78 is 18.2. The van der Waals surface area contributed by atoms with Gasteiger partial charge < -0.3 is 9.84 Å². The average molecular weight is 256 g/mol. The van der Waals surface area contributed by atoms with Crippen molar-refractivity contribution in [2.75, 3.05) is 7.11 Å². The topological polar surface area (TPSA) is 59.4 Å². The summed E-state index contributed by atoms with van der Waals surface area (Å²) in [6, 6.07) is 3.68. The Morgan fingerprint density at radius 1 is 1.47 bits per heavy atom. The molecule has 2 aromatic rings. The predicted molar refractivity (Wildman–Crippen MR) is 60.2 cm³/mol. The average Bonchev–Trinajstić information content (AvgIpc) is 2.27. The summed E-state index contributed by atoms with van der Waals surface area (Å²) in [5.74, 6) is -1.81. The zero-order chi connectivity index (χ0) is 12.6. The van der Waals surface area contributed by atoms with E-state index in [1.807, 2.05) is 0 Å². The van der Waals surface area contributed by atoms with E-state index in [1.54, 1.807) is 0 Å². The van der Waals surface area contributed by atoms with E-state index in [0.29, 0.717) is 5.39 Å². The number of carboxylic acid groups (broad SMARTS) is 1. The third-order valence-corrected chi connectivity index (χ3v) is 2.56. The van der Waals surface area contributed by atoms with Crippen LogP contribution < -0.4 is 4.74 Å². The van der Waals surface area contributed by atoms with Gasteiger partial charge in [0.05, 0.1) is 17.6 Å². The van der Waals surface area contributed by atoms with Crippen LogP contribution in [0.1, 0.15) is 10.5 Å². The Balaban J connectivity index is 2.77. The second kappa shape index (κ2) is 4.18. The smallest absolute Gasteiger partial charge is 0.354 e. The molecule has 17 heavy (non-hydrogen) atoms. The number of benzene rings is 1. The van der Waals surface area contributed by atoms with Gasteiger partial charge in [-0.05, 0) is 12.1 Å². The number of rotatable bonds is 2. The highest BCUT2D eigenvalue weighted by Gasteiger charge is 2.13. The molecule has 0 aliphatic rings. The summed E-state index contributed by atoms with van der Waals surface area (Å²) in [6.45, 7) is 0. The van der Waals surface area contributed by atoms with Crippen LogP contribution in [0.2, 0.25) is 5.02 Å². The van der Waals surface area contributed by atoms with Gasteiger partial charge in [0.25, 0.3) is 0 Å². The highest BCUT2D eigenvalue weighted by Crippen LogP contribution is 2.29. The van der Waals surface area contributed by atoms with Crippen LogP contribution in [0.25, 0.3) is 10.9 Å². The molecule has 0 aliphatic carbocycles. The minimum absolute atomic E-state index is 0.0317. The molecule has 0 aliphatic heterocycles. The second-order valence-electron chi connectivity index (χ2n) is 3.30. The Kier molecular flexibility index (Phi) is 2.85. The first kappa shape index (κ1) is 11.6. The van der Waals surface area contributed by atoms with E-state index >= 15 is 0 Å². The van der Waals surface area contributed by atoms with E-state index in [0.717, 1.165) is 6.07 Å². The molecule has 1 aromatic heterocycles. The summed E-state index contributed by atoms with van der Waals surface area (Å²) >= 11 is 5.91. The van der Waals surface area contributed by atoms with Gasteiger partial charge in [-0.2, -0.15) is 0 Å². The lowest BCUT2D eigenvalue weighted by atomic mass is 10.2. The van der Waals surface area contributed by atoms with Crippen LogP contribution in [0.15, 0.2) is 18.2 Å². The van der Waals surface area contributed by atoms with Gasteiger partial charge in [-0.1, -0.05) is 11.6 Å². The van der Waals surface area contributed by atoms with Crippen LogP contribution in [0.5, 0.6) is 5.75 Å². The van der Waals surface area contributed by atoms with Gasteiger partial charge in [-0.3, -0.25) is 0 Å². The van der Waals surface area contributed by atoms with Crippen molar-refractivity contribution >= 4 is 28.5 Å². The zero-order valence-corrected chi connectivity index (χ0v) is 9.45. The number of fused-ring (bicyclic) bond motifs is 1. The van der Waals surface area contributed by atoms with Crippen LogP contribution >= 0.6 is 11.6 Å². The molecule has 0 bridgehead atoms. The first-order valence-corrected chi connectivity index (χ1v) is 4.98. The number of aromatic carboxylic acids is 1. The SMILES string of the molecule is COc1cc2c(Cl)cc(C(=O)O)nc2cc1F. The van der Waals surface area contributed by atoms with Crippen molar-refractivity contribution in [3.05, 3.63) is 34.7 Å². The van der Waals surface area contributed by atoms with Crippen molar-refractivity contribution in [3.8, 4) is 5.75 Å². The molecule has 0 radical (unpaired) electrons. The van der Waals surface area contributed by atoms with Crippen LogP contribution in [0, 0.1) is 5.82 Å². The molecule has 88 valence electrons. The fraction of sp³-hybridized carbons (Fsp3) is 0.0909. The van der Waals surface area contributed by atoms with E-state index < -0.39 is 11.8 Å². The second-order valence-corrected chi connectivity index (χ2v) is 3.71. The predicted octanol–water partition coefficient (Wildman–Crippen LogP) is 2.73. The number of carboxylic acids is 1. The fourth-order valence-electron chi connectivity index (χ4n) is 1.45. The molecule has 1 aromatic carbocycles. The summed E-state index contributed by atoms with van der Waals surface area (Å²) in [6.07, 6.45) is 0. The highest BCUT2D eigenvalue weighted by atomic mass is 35.5. The van der Waals surface area contributed by atoms with E-state index in [2.05, 4.69) is 4.98 Å². The molecule has 0 atom stereocenters. The van der Waals surface area contributed by atoms with E-state index in [-0.39, 0.29) is 22.0 Å². The number of nitrogens with zero attached hydrogens (tertiary/aromatic N) is 1. The number of aromatic nitrogens is 1. The van der Waals surface area contributed by atoms with Gasteiger partial charge in [0, 0.05) is 11.5 Å². The molecular formula is C11H7ClFNO3. The Hall–Kier alpha value is -1.88. The van der Waals surface area contributed by atoms with Gasteiger partial charge >= 0.3 is 5.97 Å². The molecule has 0 saturated carbocycles. The molecule has 6 heteroatoms. The molecule has 0 unspecified atom stereocenters. The van der Waals surface area contributed by atoms with Gasteiger partial charge in [-0.15, -0.1) is 0 Å². The van der Waals surface area contributed by atoms with Crippen molar-refractivity contribution in [1.82, 2.24) is 4.98 Å². The minimum atomic E-state index is -1.22. The van der Waals surface area contributed by atoms with Crippen LogP contribution in [0.4, 0.5) is 4.39 Å². The molecule has 1 heterocycles. The lowest BCUT2D eigenvalue weighted by molar-refractivity contribution is 0.0691. The van der Waals surface area contributed by atoms with Crippen molar-refractivity contribution in [1.29, 1.82) is 0 Å². The molecule has 0 fully saturated rings. The van der Waals surface area contributed by atoms with E-state index in [9.17, 15) is 9.18 Å². The maximum atomic E-state index is 13.4. The number of hydrogen-bond donors (Lipinski definition) is 1. The van der Waals surface area contributed by atoms with Crippen molar-refractivity contribution in [2.24, 2.45) is 0 Å². The molecule has 2 rings (SSSR count). The van der Waals surface area contributed by atoms with Crippen LogP contribution in [-0.2, 0) is 0 Å². The largest absolute Gasteiger partial charge is 0.494 e. The van der Waals surface area contributed by atoms with Crippen LogP contribution in [-0.4, -0.2) is 23.2 Å². The molecule has 0 saturated heterocycles. The third kappa shape index (κ3) is 2.01. The van der Waals surface area contributed by atoms with Gasteiger partial charge in [0.1, 0.15) is 5.69 Å². The Labute approximate surface area is 101 Å². The Bertz CT molecular complexity index is 615. The van der Waals surface area contributed by atoms with Crippen LogP contribution in [0.3, 0.4) is 0 Å². The molecule has 1 N–H and O–H groups in total. The summed E-state index contributed by atoms with van der Waals surface area (Å²) in [4.78, 5) is 14.6. The lowest BCUT2D eigenvalue weighted by Gasteiger charge is -2.06. The number of carbonyl (C=O) groups is 1. The van der Waals surface area contributed by atoms with Gasteiger partial charge in [0.2, 0.25) is 0 Å². The van der Waals surface area contributed by atoms with Crippen molar-refractivity contribution < 1.29 is 19.0 Å². The minimum Gasteiger partial charge on any atom is -0.494 e. The van der Waals surface area contributed by atoms with Gasteiger partial charge in [-0.25, -0.2) is 14.2 Å². The number of ether oxygens (including phenoxy) is 1. The Morgan fingerprint density at radius 3 is 2.76 bits per heavy atom. The van der Waals surface area contributed by atoms with E-state index in [1.165, 1.54) is 19.2 Å². The Morgan fingerprint density at radius 2 is 2.18 bits per heavy atom. The fourth-order valence-corrected chi connectivity index (χ4v) is 1.71. The molecule has 0 spiro atoms. The number of pyridine rings is 1. The lowest BCUT2D eigenvalue weighted by Crippen LogP contribution is -2.01. The van der Waals surface area contributed by atoms with Crippen molar-refractivity contribution in [2.45, 2.75) is 0 Å². The normalized spacial score (nSPS) is 10.5. The quantitative estimate of drug-likeness (QED) is 0.896. The molecule has 0 amide bonds. The first-order chi connectivity index (χ1) is 8.02. The maximum Gasteiger partial charge on any atom is 0.354 e. The standard InChI is InChI=1S/C11H7ClFNO3/c1-17-10-2-5-6(12)3-9(11(15)16)14-8(5)4-7(10)13/h2-4H,1H3,(H,15,16). The zero-order valence-electron chi connectivity index (χ0n) is 8.70. The monoisotopic (exact) mass is 255 g/mol. The summed E-state index contributed by atoms with van der Waals surface area (Å²) in [7, 11) is 1.33. The van der Waals surface area contributed by atoms with Crippen molar-refractivity contribution in [3.63, 3.8) is 0 Å². The van der Waals surface area contributed by atoms with Gasteiger partial charge in [0.15, 0.2) is 11.6 Å². The highest BCUT2D eigenvalue weighted by molar-refractivity contribution is 6.35. The first-order valence-electron chi connectivity index (χ1n) is 4.60. The van der Waals surface area contributed by atoms with E-state index in [4.69, 9.17) is 21.4 Å². The number of methoxy groups -OCH3 is 1. The maximum absolute atomic E-state index is 13.4. The number of halogens is 2. The molecular weight excluding hydrogens is 249 g/mol. The number of hydrogen-bond acceptors (Lipinski definition) is 3.